The van der Waals surface area contributed by atoms with Crippen molar-refractivity contribution in [2.24, 2.45) is 0 Å². The number of nitrogens with one attached hydrogen (secondary N) is 2. The first-order valence-electron chi connectivity index (χ1n) is 6.74. The Morgan fingerprint density at radius 2 is 2.05 bits per heavy atom. The third kappa shape index (κ3) is 5.40. The molecule has 0 saturated heterocycles. The Balaban J connectivity index is 2.87. The third-order valence-corrected chi connectivity index (χ3v) is 2.61. The highest BCUT2D eigenvalue weighted by molar-refractivity contribution is 5.55. The van der Waals surface area contributed by atoms with Crippen molar-refractivity contribution < 1.29 is 4.92 Å². The van der Waals surface area contributed by atoms with Gasteiger partial charge in [-0.3, -0.25) is 10.1 Å². The van der Waals surface area contributed by atoms with Crippen LogP contribution in [0.3, 0.4) is 0 Å². The summed E-state index contributed by atoms with van der Waals surface area (Å²) in [6.45, 7) is 5.60. The van der Waals surface area contributed by atoms with Crippen LogP contribution in [0.5, 0.6) is 0 Å². The van der Waals surface area contributed by atoms with Crippen LogP contribution in [0.15, 0.2) is 12.1 Å². The second kappa shape index (κ2) is 7.64. The van der Waals surface area contributed by atoms with Gasteiger partial charge in [0, 0.05) is 19.1 Å². The van der Waals surface area contributed by atoms with Crippen molar-refractivity contribution in [1.29, 1.82) is 0 Å². The second-order valence-corrected chi connectivity index (χ2v) is 5.09. The van der Waals surface area contributed by atoms with Crippen LogP contribution in [-0.4, -0.2) is 48.0 Å². The predicted octanol–water partition coefficient (Wildman–Crippen LogP) is 2.17. The van der Waals surface area contributed by atoms with Crippen molar-refractivity contribution in [2.45, 2.75) is 26.3 Å². The molecule has 1 aromatic rings. The molecule has 0 bridgehead atoms. The monoisotopic (exact) mass is 281 g/mol. The van der Waals surface area contributed by atoms with Crippen LogP contribution >= 0.6 is 0 Å². The van der Waals surface area contributed by atoms with Gasteiger partial charge in [-0.05, 0) is 27.4 Å². The molecule has 1 aromatic heterocycles. The number of aromatic nitrogens is 1. The van der Waals surface area contributed by atoms with Gasteiger partial charge in [-0.15, -0.1) is 0 Å². The summed E-state index contributed by atoms with van der Waals surface area (Å²) in [7, 11) is 3.96. The minimum Gasteiger partial charge on any atom is -0.370 e. The van der Waals surface area contributed by atoms with Crippen molar-refractivity contribution in [3.05, 3.63) is 22.2 Å². The number of nitrogens with zero attached hydrogens (tertiary/aromatic N) is 3. The van der Waals surface area contributed by atoms with E-state index in [2.05, 4.69) is 15.6 Å². The van der Waals surface area contributed by atoms with Crippen molar-refractivity contribution >= 4 is 17.3 Å². The van der Waals surface area contributed by atoms with Gasteiger partial charge in [0.25, 0.3) is 5.69 Å². The Morgan fingerprint density at radius 1 is 1.40 bits per heavy atom. The standard InChI is InChI=1S/C13H23N5O2/c1-5-6-14-12-7-11(18(19)20)8-13(16-12)15-10(2)9-17(3)4/h7-8,10H,5-6,9H2,1-4H3,(H2,14,15,16). The fraction of sp³-hybridized carbons (Fsp3) is 0.615. The normalized spacial score (nSPS) is 12.2. The Labute approximate surface area is 119 Å². The number of anilines is 2. The summed E-state index contributed by atoms with van der Waals surface area (Å²) in [6, 6.07) is 3.07. The first kappa shape index (κ1) is 16.2. The largest absolute Gasteiger partial charge is 0.370 e. The van der Waals surface area contributed by atoms with Gasteiger partial charge in [-0.25, -0.2) is 4.98 Å². The average Bonchev–Trinajstić information content (AvgIpc) is 2.34. The van der Waals surface area contributed by atoms with Gasteiger partial charge >= 0.3 is 0 Å². The molecule has 0 saturated carbocycles. The second-order valence-electron chi connectivity index (χ2n) is 5.09. The van der Waals surface area contributed by atoms with E-state index in [1.807, 2.05) is 32.8 Å². The minimum absolute atomic E-state index is 0.0400. The summed E-state index contributed by atoms with van der Waals surface area (Å²) >= 11 is 0. The molecule has 7 heteroatoms. The minimum atomic E-state index is -0.402. The van der Waals surface area contributed by atoms with Crippen LogP contribution in [0.4, 0.5) is 17.3 Å². The Bertz CT molecular complexity index is 450. The van der Waals surface area contributed by atoms with E-state index in [-0.39, 0.29) is 11.7 Å². The van der Waals surface area contributed by atoms with E-state index in [0.717, 1.165) is 19.5 Å². The number of pyridine rings is 1. The van der Waals surface area contributed by atoms with Crippen molar-refractivity contribution in [3.63, 3.8) is 0 Å². The van der Waals surface area contributed by atoms with E-state index in [0.29, 0.717) is 11.6 Å². The van der Waals surface area contributed by atoms with Gasteiger partial charge in [0.05, 0.1) is 17.1 Å². The zero-order valence-electron chi connectivity index (χ0n) is 12.5. The van der Waals surface area contributed by atoms with Crippen LogP contribution in [0.25, 0.3) is 0 Å². The van der Waals surface area contributed by atoms with Gasteiger partial charge < -0.3 is 15.5 Å². The van der Waals surface area contributed by atoms with E-state index in [1.165, 1.54) is 12.1 Å². The molecule has 2 N–H and O–H groups in total. The lowest BCUT2D eigenvalue weighted by Crippen LogP contribution is -2.30. The summed E-state index contributed by atoms with van der Waals surface area (Å²) in [5, 5.41) is 17.2. The quantitative estimate of drug-likeness (QED) is 0.561. The highest BCUT2D eigenvalue weighted by Crippen LogP contribution is 2.21. The van der Waals surface area contributed by atoms with E-state index >= 15 is 0 Å². The molecule has 0 aliphatic carbocycles. The van der Waals surface area contributed by atoms with Crippen molar-refractivity contribution in [1.82, 2.24) is 9.88 Å². The number of nitro groups is 1. The summed E-state index contributed by atoms with van der Waals surface area (Å²) in [5.74, 6) is 1.05. The van der Waals surface area contributed by atoms with E-state index in [1.54, 1.807) is 0 Å². The molecular weight excluding hydrogens is 258 g/mol. The van der Waals surface area contributed by atoms with Crippen LogP contribution in [-0.2, 0) is 0 Å². The van der Waals surface area contributed by atoms with E-state index in [4.69, 9.17) is 0 Å². The lowest BCUT2D eigenvalue weighted by molar-refractivity contribution is -0.384. The lowest BCUT2D eigenvalue weighted by atomic mass is 10.3. The molecule has 7 nitrogen and oxygen atoms in total. The molecule has 0 spiro atoms. The Kier molecular flexibility index (Phi) is 6.17. The summed E-state index contributed by atoms with van der Waals surface area (Å²) in [4.78, 5) is 17.0. The van der Waals surface area contributed by atoms with Crippen LogP contribution in [0.2, 0.25) is 0 Å². The van der Waals surface area contributed by atoms with Crippen LogP contribution in [0, 0.1) is 10.1 Å². The summed E-state index contributed by atoms with van der Waals surface area (Å²) < 4.78 is 0. The number of hydrogen-bond donors (Lipinski definition) is 2. The van der Waals surface area contributed by atoms with Crippen molar-refractivity contribution in [3.8, 4) is 0 Å². The summed E-state index contributed by atoms with van der Waals surface area (Å²) in [5.41, 5.74) is 0.0400. The van der Waals surface area contributed by atoms with E-state index in [9.17, 15) is 10.1 Å². The first-order valence-corrected chi connectivity index (χ1v) is 6.74. The predicted molar refractivity (Wildman–Crippen MR) is 81.3 cm³/mol. The maximum atomic E-state index is 11.0. The smallest absolute Gasteiger partial charge is 0.276 e. The van der Waals surface area contributed by atoms with E-state index < -0.39 is 4.92 Å². The Morgan fingerprint density at radius 3 is 2.60 bits per heavy atom. The zero-order valence-corrected chi connectivity index (χ0v) is 12.5. The topological polar surface area (TPSA) is 83.3 Å². The molecule has 0 aliphatic rings. The number of rotatable bonds is 8. The van der Waals surface area contributed by atoms with Gasteiger partial charge in [-0.1, -0.05) is 6.92 Å². The average molecular weight is 281 g/mol. The fourth-order valence-corrected chi connectivity index (χ4v) is 1.88. The number of hydrogen-bond acceptors (Lipinski definition) is 6. The maximum Gasteiger partial charge on any atom is 0.276 e. The fourth-order valence-electron chi connectivity index (χ4n) is 1.88. The molecule has 20 heavy (non-hydrogen) atoms. The lowest BCUT2D eigenvalue weighted by Gasteiger charge is -2.19. The van der Waals surface area contributed by atoms with Crippen molar-refractivity contribution in [2.75, 3.05) is 37.8 Å². The highest BCUT2D eigenvalue weighted by Gasteiger charge is 2.13. The molecular formula is C13H23N5O2. The van der Waals surface area contributed by atoms with Gasteiger partial charge in [-0.2, -0.15) is 0 Å². The molecule has 0 fully saturated rings. The summed E-state index contributed by atoms with van der Waals surface area (Å²) in [6.07, 6.45) is 0.935. The maximum absolute atomic E-state index is 11.0. The molecule has 1 unspecified atom stereocenters. The van der Waals surface area contributed by atoms with Crippen LogP contribution < -0.4 is 10.6 Å². The Hall–Kier alpha value is -1.89. The molecule has 0 aromatic carbocycles. The molecule has 0 aliphatic heterocycles. The highest BCUT2D eigenvalue weighted by atomic mass is 16.6. The molecule has 1 atom stereocenters. The first-order chi connectivity index (χ1) is 9.42. The zero-order chi connectivity index (χ0) is 15.1. The van der Waals surface area contributed by atoms with Crippen LogP contribution in [0.1, 0.15) is 20.3 Å². The number of likely N-dealkylation sites (N-methyl/N-ethyl adjacent to an activating group) is 1. The van der Waals surface area contributed by atoms with Gasteiger partial charge in [0.1, 0.15) is 11.6 Å². The SMILES string of the molecule is CCCNc1cc([N+](=O)[O-])cc(NC(C)CN(C)C)n1. The molecule has 1 heterocycles. The third-order valence-electron chi connectivity index (χ3n) is 2.61. The molecule has 1 rings (SSSR count). The van der Waals surface area contributed by atoms with Gasteiger partial charge in [0.15, 0.2) is 0 Å². The molecule has 112 valence electrons. The van der Waals surface area contributed by atoms with Gasteiger partial charge in [0.2, 0.25) is 0 Å². The molecule has 0 amide bonds. The molecule has 0 radical (unpaired) electrons.